The summed E-state index contributed by atoms with van der Waals surface area (Å²) in [5.41, 5.74) is 1.20. The van der Waals surface area contributed by atoms with Crippen LogP contribution in [0.5, 0.6) is 0 Å². The molecule has 2 aromatic heterocycles. The van der Waals surface area contributed by atoms with Crippen molar-refractivity contribution in [1.29, 1.82) is 0 Å². The molecule has 0 amide bonds. The molecule has 0 bridgehead atoms. The van der Waals surface area contributed by atoms with Crippen molar-refractivity contribution in [2.75, 3.05) is 0 Å². The van der Waals surface area contributed by atoms with Crippen LogP contribution < -0.4 is 5.56 Å². The van der Waals surface area contributed by atoms with Crippen LogP contribution in [-0.4, -0.2) is 19.7 Å². The van der Waals surface area contributed by atoms with Gasteiger partial charge >= 0.3 is 0 Å². The number of nitrogens with zero attached hydrogens (tertiary/aromatic N) is 4. The zero-order valence-electron chi connectivity index (χ0n) is 11.8. The molecule has 0 spiro atoms. The lowest BCUT2D eigenvalue weighted by atomic mass is 10.1. The Labute approximate surface area is 125 Å². The van der Waals surface area contributed by atoms with Gasteiger partial charge in [-0.2, -0.15) is 5.10 Å². The van der Waals surface area contributed by atoms with Crippen molar-refractivity contribution < 1.29 is 4.92 Å². The Morgan fingerprint density at radius 2 is 2.09 bits per heavy atom. The van der Waals surface area contributed by atoms with Gasteiger partial charge in [0.25, 0.3) is 11.2 Å². The van der Waals surface area contributed by atoms with E-state index in [0.29, 0.717) is 28.7 Å². The van der Waals surface area contributed by atoms with Crippen molar-refractivity contribution in [1.82, 2.24) is 14.8 Å². The average molecular weight is 296 g/mol. The molecule has 3 aromatic rings. The summed E-state index contributed by atoms with van der Waals surface area (Å²) in [6.45, 7) is 2.22. The first kappa shape index (κ1) is 13.9. The van der Waals surface area contributed by atoms with Crippen molar-refractivity contribution in [2.45, 2.75) is 13.5 Å². The predicted molar refractivity (Wildman–Crippen MR) is 81.6 cm³/mol. The Morgan fingerprint density at radius 3 is 2.82 bits per heavy atom. The first-order chi connectivity index (χ1) is 10.6. The van der Waals surface area contributed by atoms with Gasteiger partial charge in [-0.3, -0.25) is 19.9 Å². The second kappa shape index (κ2) is 5.36. The molecule has 22 heavy (non-hydrogen) atoms. The summed E-state index contributed by atoms with van der Waals surface area (Å²) in [5.74, 6) is 0. The lowest BCUT2D eigenvalue weighted by molar-refractivity contribution is -0.384. The molecule has 0 saturated heterocycles. The molecule has 0 aliphatic carbocycles. The molecule has 1 aromatic carbocycles. The molecule has 0 N–H and O–H groups in total. The first-order valence-corrected chi connectivity index (χ1v) is 6.72. The van der Waals surface area contributed by atoms with Crippen LogP contribution in [0.15, 0.2) is 47.4 Å². The van der Waals surface area contributed by atoms with Crippen molar-refractivity contribution in [3.8, 4) is 11.3 Å². The van der Waals surface area contributed by atoms with Crippen molar-refractivity contribution in [2.24, 2.45) is 0 Å². The van der Waals surface area contributed by atoms with Gasteiger partial charge in [0.15, 0.2) is 0 Å². The minimum absolute atomic E-state index is 0.0300. The van der Waals surface area contributed by atoms with Crippen molar-refractivity contribution >= 4 is 16.6 Å². The predicted octanol–water partition coefficient (Wildman–Crippen LogP) is 2.39. The summed E-state index contributed by atoms with van der Waals surface area (Å²) in [6, 6.07) is 9.51. The summed E-state index contributed by atoms with van der Waals surface area (Å²) in [4.78, 5) is 27.0. The van der Waals surface area contributed by atoms with Gasteiger partial charge < -0.3 is 0 Å². The number of rotatable bonds is 3. The number of non-ortho nitro benzene ring substituents is 1. The quantitative estimate of drug-likeness (QED) is 0.546. The van der Waals surface area contributed by atoms with Crippen LogP contribution in [0.25, 0.3) is 22.2 Å². The number of benzene rings is 1. The molecule has 0 saturated carbocycles. The van der Waals surface area contributed by atoms with Crippen LogP contribution in [0.3, 0.4) is 0 Å². The summed E-state index contributed by atoms with van der Waals surface area (Å²) in [5, 5.41) is 15.7. The van der Waals surface area contributed by atoms with Crippen molar-refractivity contribution in [3.63, 3.8) is 0 Å². The van der Waals surface area contributed by atoms with Crippen LogP contribution in [-0.2, 0) is 6.54 Å². The van der Waals surface area contributed by atoms with Crippen LogP contribution >= 0.6 is 0 Å². The lowest BCUT2D eigenvalue weighted by Gasteiger charge is -2.08. The molecule has 0 aliphatic heterocycles. The van der Waals surface area contributed by atoms with Gasteiger partial charge in [-0.15, -0.1) is 0 Å². The van der Waals surface area contributed by atoms with E-state index in [1.54, 1.807) is 30.5 Å². The van der Waals surface area contributed by atoms with Crippen LogP contribution in [0.4, 0.5) is 5.69 Å². The SMILES string of the molecule is CCn1nc(-c2cccc([N+](=O)[O-])c2)c2ncccc2c1=O. The highest BCUT2D eigenvalue weighted by Gasteiger charge is 2.15. The van der Waals surface area contributed by atoms with Crippen LogP contribution in [0, 0.1) is 10.1 Å². The number of hydrogen-bond acceptors (Lipinski definition) is 5. The second-order valence-electron chi connectivity index (χ2n) is 4.68. The topological polar surface area (TPSA) is 90.9 Å². The molecule has 0 atom stereocenters. The Bertz CT molecular complexity index is 933. The Balaban J connectivity index is 2.35. The number of nitro groups is 1. The third-order valence-corrected chi connectivity index (χ3v) is 3.35. The molecule has 7 nitrogen and oxygen atoms in total. The molecular formula is C15H12N4O3. The van der Waals surface area contributed by atoms with E-state index in [0.717, 1.165) is 0 Å². The van der Waals surface area contributed by atoms with Gasteiger partial charge in [0.05, 0.1) is 10.3 Å². The molecular weight excluding hydrogens is 284 g/mol. The minimum Gasteiger partial charge on any atom is -0.267 e. The maximum Gasteiger partial charge on any atom is 0.276 e. The summed E-state index contributed by atoms with van der Waals surface area (Å²) in [6.07, 6.45) is 1.57. The van der Waals surface area contributed by atoms with E-state index >= 15 is 0 Å². The van der Waals surface area contributed by atoms with E-state index in [1.165, 1.54) is 16.8 Å². The van der Waals surface area contributed by atoms with Gasteiger partial charge in [0.1, 0.15) is 11.2 Å². The highest BCUT2D eigenvalue weighted by molar-refractivity contribution is 5.90. The van der Waals surface area contributed by atoms with Crippen molar-refractivity contribution in [3.05, 3.63) is 63.1 Å². The van der Waals surface area contributed by atoms with Gasteiger partial charge in [0.2, 0.25) is 0 Å². The Kier molecular flexibility index (Phi) is 3.38. The average Bonchev–Trinajstić information content (AvgIpc) is 2.55. The number of hydrogen-bond donors (Lipinski definition) is 0. The third kappa shape index (κ3) is 2.22. The maximum absolute atomic E-state index is 12.3. The number of aryl methyl sites for hydroxylation is 1. The molecule has 7 heteroatoms. The number of nitro benzene ring substituents is 1. The van der Waals surface area contributed by atoms with E-state index in [1.807, 2.05) is 6.92 Å². The van der Waals surface area contributed by atoms with Crippen LogP contribution in [0.1, 0.15) is 6.92 Å². The van der Waals surface area contributed by atoms with Crippen LogP contribution in [0.2, 0.25) is 0 Å². The fourth-order valence-corrected chi connectivity index (χ4v) is 2.29. The molecule has 0 unspecified atom stereocenters. The van der Waals surface area contributed by atoms with Gasteiger partial charge in [-0.05, 0) is 19.1 Å². The van der Waals surface area contributed by atoms with Gasteiger partial charge in [-0.1, -0.05) is 12.1 Å². The number of fused-ring (bicyclic) bond motifs is 1. The molecule has 0 aliphatic rings. The zero-order chi connectivity index (χ0) is 15.7. The zero-order valence-corrected chi connectivity index (χ0v) is 11.8. The summed E-state index contributed by atoms with van der Waals surface area (Å²) >= 11 is 0. The van der Waals surface area contributed by atoms with E-state index in [9.17, 15) is 14.9 Å². The monoisotopic (exact) mass is 296 g/mol. The van der Waals surface area contributed by atoms with Gasteiger partial charge in [0, 0.05) is 30.4 Å². The largest absolute Gasteiger partial charge is 0.276 e. The lowest BCUT2D eigenvalue weighted by Crippen LogP contribution is -2.23. The molecule has 0 radical (unpaired) electrons. The first-order valence-electron chi connectivity index (χ1n) is 6.72. The number of pyridine rings is 1. The maximum atomic E-state index is 12.3. The van der Waals surface area contributed by atoms with E-state index in [4.69, 9.17) is 0 Å². The molecule has 0 fully saturated rings. The smallest absolute Gasteiger partial charge is 0.267 e. The van der Waals surface area contributed by atoms with E-state index in [-0.39, 0.29) is 11.2 Å². The normalized spacial score (nSPS) is 10.8. The van der Waals surface area contributed by atoms with E-state index in [2.05, 4.69) is 10.1 Å². The Morgan fingerprint density at radius 1 is 1.27 bits per heavy atom. The highest BCUT2D eigenvalue weighted by Crippen LogP contribution is 2.26. The third-order valence-electron chi connectivity index (χ3n) is 3.35. The summed E-state index contributed by atoms with van der Waals surface area (Å²) < 4.78 is 1.33. The fourth-order valence-electron chi connectivity index (χ4n) is 2.29. The second-order valence-corrected chi connectivity index (χ2v) is 4.68. The highest BCUT2D eigenvalue weighted by atomic mass is 16.6. The van der Waals surface area contributed by atoms with Gasteiger partial charge in [-0.25, -0.2) is 4.68 Å². The molecule has 3 rings (SSSR count). The minimum atomic E-state index is -0.463. The number of aromatic nitrogens is 3. The molecule has 2 heterocycles. The molecule has 110 valence electrons. The standard InChI is InChI=1S/C15H12N4O3/c1-2-18-15(20)12-7-4-8-16-14(12)13(17-18)10-5-3-6-11(9-10)19(21)22/h3-9H,2H2,1H3. The summed E-state index contributed by atoms with van der Waals surface area (Å²) in [7, 11) is 0. The Hall–Kier alpha value is -3.09. The fraction of sp³-hybridized carbons (Fsp3) is 0.133. The van der Waals surface area contributed by atoms with E-state index < -0.39 is 4.92 Å².